The maximum Gasteiger partial charge on any atom is 0.0237 e. The van der Waals surface area contributed by atoms with Crippen LogP contribution < -0.4 is 5.32 Å². The first-order valence-corrected chi connectivity index (χ1v) is 8.13. The number of hydrogen-bond acceptors (Lipinski definition) is 2. The molecule has 0 bridgehead atoms. The summed E-state index contributed by atoms with van der Waals surface area (Å²) in [5, 5.41) is 3.54. The molecule has 0 unspecified atom stereocenters. The molecule has 2 rings (SSSR count). The van der Waals surface area contributed by atoms with Gasteiger partial charge in [0, 0.05) is 25.2 Å². The van der Waals surface area contributed by atoms with Crippen molar-refractivity contribution in [1.82, 2.24) is 10.2 Å². The molecule has 0 atom stereocenters. The average Bonchev–Trinajstić information content (AvgIpc) is 2.42. The van der Waals surface area contributed by atoms with Crippen molar-refractivity contribution in [2.24, 2.45) is 0 Å². The number of rotatable bonds is 5. The Morgan fingerprint density at radius 1 is 1.10 bits per heavy atom. The van der Waals surface area contributed by atoms with Crippen LogP contribution in [0, 0.1) is 0 Å². The van der Waals surface area contributed by atoms with Gasteiger partial charge in [-0.15, -0.1) is 0 Å². The molecule has 1 N–H and O–H groups in total. The Bertz CT molecular complexity index is 465. The van der Waals surface area contributed by atoms with E-state index >= 15 is 0 Å². The zero-order valence-electron chi connectivity index (χ0n) is 14.1. The highest BCUT2D eigenvalue weighted by Gasteiger charge is 2.10. The van der Waals surface area contributed by atoms with Crippen LogP contribution in [0.2, 0.25) is 0 Å². The Hall–Kier alpha value is -1.12. The number of benzene rings is 1. The van der Waals surface area contributed by atoms with Gasteiger partial charge in [0.25, 0.3) is 0 Å². The summed E-state index contributed by atoms with van der Waals surface area (Å²) in [6.45, 7) is 13.3. The molecular weight excluding hydrogens is 256 g/mol. The summed E-state index contributed by atoms with van der Waals surface area (Å²) in [6, 6.07) is 9.14. The van der Waals surface area contributed by atoms with Gasteiger partial charge in [-0.3, -0.25) is 4.90 Å². The lowest BCUT2D eigenvalue weighted by atomic mass is 10.1. The molecule has 0 radical (unpaired) electrons. The molecule has 0 aromatic heterocycles. The summed E-state index contributed by atoms with van der Waals surface area (Å²) in [4.78, 5) is 2.52. The van der Waals surface area contributed by atoms with Crippen molar-refractivity contribution in [1.29, 1.82) is 0 Å². The summed E-state index contributed by atoms with van der Waals surface area (Å²) in [5.41, 5.74) is 4.59. The van der Waals surface area contributed by atoms with Crippen LogP contribution in [0.1, 0.15) is 45.2 Å². The van der Waals surface area contributed by atoms with Crippen LogP contribution in [0.4, 0.5) is 0 Å². The molecule has 116 valence electrons. The minimum Gasteiger partial charge on any atom is -0.312 e. The summed E-state index contributed by atoms with van der Waals surface area (Å²) in [7, 11) is 0. The number of nitrogens with one attached hydrogen (secondary N) is 1. The van der Waals surface area contributed by atoms with Crippen LogP contribution in [0.5, 0.6) is 0 Å². The zero-order chi connectivity index (χ0) is 15.3. The molecule has 2 nitrogen and oxygen atoms in total. The Kier molecular flexibility index (Phi) is 5.60. The van der Waals surface area contributed by atoms with E-state index in [1.54, 1.807) is 0 Å². The van der Waals surface area contributed by atoms with E-state index in [0.29, 0.717) is 0 Å². The van der Waals surface area contributed by atoms with Crippen LogP contribution in [-0.2, 0) is 13.0 Å². The highest BCUT2D eigenvalue weighted by Crippen LogP contribution is 2.14. The quantitative estimate of drug-likeness (QED) is 0.829. The van der Waals surface area contributed by atoms with E-state index in [1.165, 1.54) is 29.7 Å². The standard InChI is InChI=1S/C19H30N2/c1-16-10-13-21(14-11-16)15-18-7-5-17(6-8-18)9-12-20-19(2,3)4/h5-8,10,20H,9,11-15H2,1-4H3. The molecule has 1 aliphatic rings. The van der Waals surface area contributed by atoms with Gasteiger partial charge in [0.05, 0.1) is 0 Å². The monoisotopic (exact) mass is 286 g/mol. The van der Waals surface area contributed by atoms with Crippen LogP contribution in [0.25, 0.3) is 0 Å². The predicted molar refractivity (Wildman–Crippen MR) is 91.6 cm³/mol. The second-order valence-electron chi connectivity index (χ2n) is 7.28. The first-order valence-electron chi connectivity index (χ1n) is 8.13. The van der Waals surface area contributed by atoms with Crippen molar-refractivity contribution in [2.45, 2.75) is 52.6 Å². The summed E-state index contributed by atoms with van der Waals surface area (Å²) in [6.07, 6.45) is 4.68. The fourth-order valence-electron chi connectivity index (χ4n) is 2.61. The van der Waals surface area contributed by atoms with E-state index in [-0.39, 0.29) is 5.54 Å². The fourth-order valence-corrected chi connectivity index (χ4v) is 2.61. The maximum absolute atomic E-state index is 3.54. The molecule has 0 spiro atoms. The van der Waals surface area contributed by atoms with Crippen LogP contribution in [-0.4, -0.2) is 30.1 Å². The molecule has 2 heteroatoms. The Labute approximate surface area is 130 Å². The number of nitrogens with zero attached hydrogens (tertiary/aromatic N) is 1. The molecule has 1 heterocycles. The molecule has 1 aromatic rings. The smallest absolute Gasteiger partial charge is 0.0237 e. The van der Waals surface area contributed by atoms with Gasteiger partial charge in [-0.25, -0.2) is 0 Å². The second-order valence-corrected chi connectivity index (χ2v) is 7.28. The minimum absolute atomic E-state index is 0.208. The van der Waals surface area contributed by atoms with Crippen molar-refractivity contribution < 1.29 is 0 Å². The fraction of sp³-hybridized carbons (Fsp3) is 0.579. The van der Waals surface area contributed by atoms with Crippen LogP contribution in [0.15, 0.2) is 35.9 Å². The van der Waals surface area contributed by atoms with Crippen molar-refractivity contribution in [3.8, 4) is 0 Å². The highest BCUT2D eigenvalue weighted by atomic mass is 15.1. The molecular formula is C19H30N2. The van der Waals surface area contributed by atoms with Gasteiger partial charge in [0.15, 0.2) is 0 Å². The van der Waals surface area contributed by atoms with Gasteiger partial charge in [-0.2, -0.15) is 0 Å². The molecule has 0 aliphatic carbocycles. The first-order chi connectivity index (χ1) is 9.92. The zero-order valence-corrected chi connectivity index (χ0v) is 14.1. The van der Waals surface area contributed by atoms with Crippen LogP contribution >= 0.6 is 0 Å². The van der Waals surface area contributed by atoms with Crippen molar-refractivity contribution in [2.75, 3.05) is 19.6 Å². The Morgan fingerprint density at radius 2 is 1.76 bits per heavy atom. The molecule has 1 aromatic carbocycles. The third-order valence-corrected chi connectivity index (χ3v) is 4.02. The lowest BCUT2D eigenvalue weighted by Crippen LogP contribution is -2.37. The number of hydrogen-bond donors (Lipinski definition) is 1. The van der Waals surface area contributed by atoms with Gasteiger partial charge < -0.3 is 5.32 Å². The SMILES string of the molecule is CC1=CCN(Cc2ccc(CCNC(C)(C)C)cc2)CC1. The van der Waals surface area contributed by atoms with Gasteiger partial charge >= 0.3 is 0 Å². The first kappa shape index (κ1) is 16.3. The molecule has 0 saturated heterocycles. The lowest BCUT2D eigenvalue weighted by Gasteiger charge is -2.25. The van der Waals surface area contributed by atoms with Crippen molar-refractivity contribution >= 4 is 0 Å². The van der Waals surface area contributed by atoms with E-state index in [9.17, 15) is 0 Å². The van der Waals surface area contributed by atoms with Crippen molar-refractivity contribution in [3.05, 3.63) is 47.0 Å². The van der Waals surface area contributed by atoms with Crippen LogP contribution in [0.3, 0.4) is 0 Å². The van der Waals surface area contributed by atoms with Gasteiger partial charge in [0.1, 0.15) is 0 Å². The Balaban J connectivity index is 1.79. The lowest BCUT2D eigenvalue weighted by molar-refractivity contribution is 0.286. The molecule has 0 saturated carbocycles. The van der Waals surface area contributed by atoms with E-state index < -0.39 is 0 Å². The third kappa shape index (κ3) is 6.03. The summed E-state index contributed by atoms with van der Waals surface area (Å²) in [5.74, 6) is 0. The largest absolute Gasteiger partial charge is 0.312 e. The second kappa shape index (κ2) is 7.24. The predicted octanol–water partition coefficient (Wildman–Crippen LogP) is 3.77. The normalized spacial score (nSPS) is 16.9. The van der Waals surface area contributed by atoms with E-state index in [0.717, 1.165) is 26.1 Å². The van der Waals surface area contributed by atoms with E-state index in [4.69, 9.17) is 0 Å². The van der Waals surface area contributed by atoms with Gasteiger partial charge in [-0.1, -0.05) is 35.9 Å². The van der Waals surface area contributed by atoms with Gasteiger partial charge in [0.2, 0.25) is 0 Å². The molecule has 0 fully saturated rings. The molecule has 21 heavy (non-hydrogen) atoms. The third-order valence-electron chi connectivity index (χ3n) is 4.02. The Morgan fingerprint density at radius 3 is 2.33 bits per heavy atom. The summed E-state index contributed by atoms with van der Waals surface area (Å²) >= 11 is 0. The average molecular weight is 286 g/mol. The summed E-state index contributed by atoms with van der Waals surface area (Å²) < 4.78 is 0. The topological polar surface area (TPSA) is 15.3 Å². The minimum atomic E-state index is 0.208. The van der Waals surface area contributed by atoms with E-state index in [1.807, 2.05) is 0 Å². The van der Waals surface area contributed by atoms with E-state index in [2.05, 4.69) is 68.3 Å². The van der Waals surface area contributed by atoms with Crippen molar-refractivity contribution in [3.63, 3.8) is 0 Å². The molecule has 0 amide bonds. The van der Waals surface area contributed by atoms with Gasteiger partial charge in [-0.05, 0) is 58.2 Å². The maximum atomic E-state index is 3.54. The molecule has 1 aliphatic heterocycles. The highest BCUT2D eigenvalue weighted by molar-refractivity contribution is 5.23.